The second-order valence-corrected chi connectivity index (χ2v) is 6.37. The zero-order chi connectivity index (χ0) is 19.2. The predicted octanol–water partition coefficient (Wildman–Crippen LogP) is 3.22. The number of rotatable bonds is 5. The lowest BCUT2D eigenvalue weighted by Crippen LogP contribution is -2.43. The molecule has 0 saturated carbocycles. The van der Waals surface area contributed by atoms with Gasteiger partial charge in [-0.2, -0.15) is 0 Å². The van der Waals surface area contributed by atoms with E-state index in [0.29, 0.717) is 31.7 Å². The molecule has 0 aromatic heterocycles. The highest BCUT2D eigenvalue weighted by molar-refractivity contribution is 5.92. The number of para-hydroxylation sites is 1. The molecule has 2 aromatic rings. The summed E-state index contributed by atoms with van der Waals surface area (Å²) in [5.41, 5.74) is -0.0452. The van der Waals surface area contributed by atoms with Crippen molar-refractivity contribution in [1.29, 1.82) is 0 Å². The fourth-order valence-corrected chi connectivity index (χ4v) is 2.97. The molecule has 142 valence electrons. The Morgan fingerprint density at radius 1 is 1.07 bits per heavy atom. The smallest absolute Gasteiger partial charge is 0.260 e. The molecular formula is C20H20F2N2O3. The average molecular weight is 374 g/mol. The van der Waals surface area contributed by atoms with Gasteiger partial charge in [0.1, 0.15) is 17.4 Å². The first-order valence-electron chi connectivity index (χ1n) is 8.74. The van der Waals surface area contributed by atoms with Crippen LogP contribution in [0.4, 0.5) is 14.5 Å². The number of carbonyl (C=O) groups is 2. The summed E-state index contributed by atoms with van der Waals surface area (Å²) >= 11 is 0. The van der Waals surface area contributed by atoms with Crippen LogP contribution in [0.2, 0.25) is 0 Å². The Kier molecular flexibility index (Phi) is 6.01. The number of carbonyl (C=O) groups excluding carboxylic acids is 2. The minimum absolute atomic E-state index is 0.0452. The van der Waals surface area contributed by atoms with E-state index in [1.54, 1.807) is 17.0 Å². The Morgan fingerprint density at radius 3 is 2.44 bits per heavy atom. The largest absolute Gasteiger partial charge is 0.484 e. The SMILES string of the molecule is O=C(Nc1ccc(F)cc1F)C1CCN(C(=O)COc2ccccc2)CC1. The zero-order valence-corrected chi connectivity index (χ0v) is 14.7. The van der Waals surface area contributed by atoms with Crippen molar-refractivity contribution in [2.45, 2.75) is 12.8 Å². The topological polar surface area (TPSA) is 58.6 Å². The number of halogens is 2. The van der Waals surface area contributed by atoms with Gasteiger partial charge in [0.05, 0.1) is 5.69 Å². The molecule has 1 saturated heterocycles. The molecule has 0 bridgehead atoms. The van der Waals surface area contributed by atoms with E-state index < -0.39 is 11.6 Å². The minimum Gasteiger partial charge on any atom is -0.484 e. The maximum absolute atomic E-state index is 13.6. The molecule has 0 atom stereocenters. The first kappa shape index (κ1) is 18.8. The maximum atomic E-state index is 13.6. The highest BCUT2D eigenvalue weighted by atomic mass is 19.1. The van der Waals surface area contributed by atoms with Crippen LogP contribution >= 0.6 is 0 Å². The van der Waals surface area contributed by atoms with Crippen molar-refractivity contribution in [3.8, 4) is 5.75 Å². The van der Waals surface area contributed by atoms with Gasteiger partial charge < -0.3 is 15.0 Å². The molecule has 7 heteroatoms. The fourth-order valence-electron chi connectivity index (χ4n) is 2.97. The maximum Gasteiger partial charge on any atom is 0.260 e. The summed E-state index contributed by atoms with van der Waals surface area (Å²) in [5.74, 6) is -1.67. The van der Waals surface area contributed by atoms with Gasteiger partial charge in [-0.25, -0.2) is 8.78 Å². The van der Waals surface area contributed by atoms with Gasteiger partial charge in [0, 0.05) is 25.1 Å². The van der Waals surface area contributed by atoms with Crippen LogP contribution in [0.1, 0.15) is 12.8 Å². The molecule has 1 N–H and O–H groups in total. The monoisotopic (exact) mass is 374 g/mol. The van der Waals surface area contributed by atoms with Crippen molar-refractivity contribution in [3.05, 3.63) is 60.2 Å². The van der Waals surface area contributed by atoms with Crippen LogP contribution < -0.4 is 10.1 Å². The Hall–Kier alpha value is -2.96. The van der Waals surface area contributed by atoms with Gasteiger partial charge in [0.15, 0.2) is 6.61 Å². The van der Waals surface area contributed by atoms with Crippen molar-refractivity contribution in [2.24, 2.45) is 5.92 Å². The molecule has 2 aromatic carbocycles. The third kappa shape index (κ3) is 5.03. The highest BCUT2D eigenvalue weighted by Crippen LogP contribution is 2.21. The Morgan fingerprint density at radius 2 is 1.78 bits per heavy atom. The van der Waals surface area contributed by atoms with E-state index in [-0.39, 0.29) is 30.0 Å². The molecule has 3 rings (SSSR count). The van der Waals surface area contributed by atoms with Gasteiger partial charge in [-0.15, -0.1) is 0 Å². The first-order valence-corrected chi connectivity index (χ1v) is 8.74. The van der Waals surface area contributed by atoms with E-state index in [9.17, 15) is 18.4 Å². The summed E-state index contributed by atoms with van der Waals surface area (Å²) in [5, 5.41) is 2.49. The molecule has 27 heavy (non-hydrogen) atoms. The van der Waals surface area contributed by atoms with Crippen molar-refractivity contribution in [1.82, 2.24) is 4.90 Å². The van der Waals surface area contributed by atoms with Crippen LogP contribution in [0.15, 0.2) is 48.5 Å². The van der Waals surface area contributed by atoms with Gasteiger partial charge in [-0.3, -0.25) is 9.59 Å². The van der Waals surface area contributed by atoms with Crippen LogP contribution in [-0.4, -0.2) is 36.4 Å². The van der Waals surface area contributed by atoms with Gasteiger partial charge in [0.25, 0.3) is 5.91 Å². The summed E-state index contributed by atoms with van der Waals surface area (Å²) in [6.45, 7) is 0.809. The Labute approximate surface area is 155 Å². The number of hydrogen-bond acceptors (Lipinski definition) is 3. The molecular weight excluding hydrogens is 354 g/mol. The van der Waals surface area contributed by atoms with E-state index in [1.165, 1.54) is 6.07 Å². The van der Waals surface area contributed by atoms with Crippen molar-refractivity contribution in [3.63, 3.8) is 0 Å². The third-order valence-electron chi connectivity index (χ3n) is 4.51. The second-order valence-electron chi connectivity index (χ2n) is 6.37. The normalized spacial score (nSPS) is 14.7. The number of likely N-dealkylation sites (tertiary alicyclic amines) is 1. The van der Waals surface area contributed by atoms with Crippen LogP contribution in [0.25, 0.3) is 0 Å². The lowest BCUT2D eigenvalue weighted by molar-refractivity contribution is -0.136. The number of nitrogens with zero attached hydrogens (tertiary/aromatic N) is 1. The summed E-state index contributed by atoms with van der Waals surface area (Å²) in [7, 11) is 0. The third-order valence-corrected chi connectivity index (χ3v) is 4.51. The minimum atomic E-state index is -0.811. The van der Waals surface area contributed by atoms with Crippen molar-refractivity contribution >= 4 is 17.5 Å². The van der Waals surface area contributed by atoms with Crippen LogP contribution in [-0.2, 0) is 9.59 Å². The van der Waals surface area contributed by atoms with Crippen LogP contribution in [0.5, 0.6) is 5.75 Å². The molecule has 0 unspecified atom stereocenters. The summed E-state index contributed by atoms with van der Waals surface area (Å²) < 4.78 is 32.0. The molecule has 1 heterocycles. The highest BCUT2D eigenvalue weighted by Gasteiger charge is 2.28. The zero-order valence-electron chi connectivity index (χ0n) is 14.7. The van der Waals surface area contributed by atoms with Gasteiger partial charge in [-0.05, 0) is 37.1 Å². The lowest BCUT2D eigenvalue weighted by atomic mass is 9.95. The molecule has 1 aliphatic rings. The van der Waals surface area contributed by atoms with Gasteiger partial charge in [-0.1, -0.05) is 18.2 Å². The van der Waals surface area contributed by atoms with E-state index in [2.05, 4.69) is 5.32 Å². The molecule has 5 nitrogen and oxygen atoms in total. The Bertz CT molecular complexity index is 806. The summed E-state index contributed by atoms with van der Waals surface area (Å²) in [6, 6.07) is 12.1. The number of amides is 2. The van der Waals surface area contributed by atoms with Gasteiger partial charge in [0.2, 0.25) is 5.91 Å². The van der Waals surface area contributed by atoms with Crippen LogP contribution in [0.3, 0.4) is 0 Å². The molecule has 1 fully saturated rings. The summed E-state index contributed by atoms with van der Waals surface area (Å²) in [4.78, 5) is 26.2. The lowest BCUT2D eigenvalue weighted by Gasteiger charge is -2.31. The molecule has 0 radical (unpaired) electrons. The number of hydrogen-bond donors (Lipinski definition) is 1. The van der Waals surface area contributed by atoms with Gasteiger partial charge >= 0.3 is 0 Å². The number of nitrogens with one attached hydrogen (secondary N) is 1. The fraction of sp³-hybridized carbons (Fsp3) is 0.300. The quantitative estimate of drug-likeness (QED) is 0.874. The Balaban J connectivity index is 1.46. The van der Waals surface area contributed by atoms with Crippen LogP contribution in [0, 0.1) is 17.6 Å². The average Bonchev–Trinajstić information content (AvgIpc) is 2.69. The van der Waals surface area contributed by atoms with E-state index >= 15 is 0 Å². The van der Waals surface area contributed by atoms with Crippen molar-refractivity contribution in [2.75, 3.05) is 25.0 Å². The molecule has 0 spiro atoms. The molecule has 1 aliphatic heterocycles. The number of anilines is 1. The molecule has 2 amide bonds. The van der Waals surface area contributed by atoms with E-state index in [4.69, 9.17) is 4.74 Å². The standard InChI is InChI=1S/C20H20F2N2O3/c21-15-6-7-18(17(22)12-15)23-20(26)14-8-10-24(11-9-14)19(25)13-27-16-4-2-1-3-5-16/h1-7,12,14H,8-11,13H2,(H,23,26). The summed E-state index contributed by atoms with van der Waals surface area (Å²) in [6.07, 6.45) is 0.956. The number of piperidine rings is 1. The van der Waals surface area contributed by atoms with Crippen molar-refractivity contribution < 1.29 is 23.1 Å². The molecule has 0 aliphatic carbocycles. The number of ether oxygens (including phenoxy) is 1. The van der Waals surface area contributed by atoms with E-state index in [1.807, 2.05) is 18.2 Å². The number of benzene rings is 2. The predicted molar refractivity (Wildman–Crippen MR) is 96.2 cm³/mol. The van der Waals surface area contributed by atoms with E-state index in [0.717, 1.165) is 12.1 Å². The second kappa shape index (κ2) is 8.62. The first-order chi connectivity index (χ1) is 13.0.